The van der Waals surface area contributed by atoms with Crippen molar-refractivity contribution in [1.82, 2.24) is 10.2 Å². The summed E-state index contributed by atoms with van der Waals surface area (Å²) in [7, 11) is 0. The van der Waals surface area contributed by atoms with Crippen molar-refractivity contribution >= 4 is 11.8 Å². The molecule has 2 amide bonds. The van der Waals surface area contributed by atoms with E-state index in [4.69, 9.17) is 4.74 Å². The summed E-state index contributed by atoms with van der Waals surface area (Å²) in [5.74, 6) is -1.80. The van der Waals surface area contributed by atoms with E-state index in [1.165, 1.54) is 35.2 Å². The predicted molar refractivity (Wildman–Crippen MR) is 106 cm³/mol. The van der Waals surface area contributed by atoms with Gasteiger partial charge in [0.25, 0.3) is 5.91 Å². The smallest absolute Gasteiger partial charge is 0.261 e. The van der Waals surface area contributed by atoms with Gasteiger partial charge in [0, 0.05) is 12.6 Å². The first-order valence-electron chi connectivity index (χ1n) is 9.53. The van der Waals surface area contributed by atoms with Crippen molar-refractivity contribution in [2.24, 2.45) is 0 Å². The number of hydrogen-bond acceptors (Lipinski definition) is 3. The fourth-order valence-corrected chi connectivity index (χ4v) is 2.62. The normalized spacial score (nSPS) is 12.7. The zero-order valence-electron chi connectivity index (χ0n) is 16.8. The lowest BCUT2D eigenvalue weighted by molar-refractivity contribution is -0.142. The Balaban J connectivity index is 2.15. The topological polar surface area (TPSA) is 58.6 Å². The third-order valence-electron chi connectivity index (χ3n) is 4.62. The van der Waals surface area contributed by atoms with Crippen LogP contribution >= 0.6 is 0 Å². The number of para-hydroxylation sites is 1. The standard InChI is InChI=1S/C22H26F2N2O3/c1-4-15(2)25-22(28)16(3)26(13-17-9-11-18(23)12-10-17)21(27)14-29-20-8-6-5-7-19(20)24/h5-12,15-16H,4,13-14H2,1-3H3,(H,25,28)/t15-,16+/m1/s1. The number of hydrogen-bond donors (Lipinski definition) is 1. The molecule has 2 aromatic rings. The van der Waals surface area contributed by atoms with E-state index in [0.29, 0.717) is 5.56 Å². The second-order valence-corrected chi connectivity index (χ2v) is 6.86. The third-order valence-corrected chi connectivity index (χ3v) is 4.62. The van der Waals surface area contributed by atoms with Crippen LogP contribution in [0.2, 0.25) is 0 Å². The maximum Gasteiger partial charge on any atom is 0.261 e. The molecular weight excluding hydrogens is 378 g/mol. The number of rotatable bonds is 9. The molecule has 29 heavy (non-hydrogen) atoms. The molecule has 0 aliphatic carbocycles. The molecule has 5 nitrogen and oxygen atoms in total. The number of halogens is 2. The summed E-state index contributed by atoms with van der Waals surface area (Å²) in [6.45, 7) is 5.09. The second kappa shape index (κ2) is 10.5. The van der Waals surface area contributed by atoms with Crippen LogP contribution in [0.15, 0.2) is 48.5 Å². The Morgan fingerprint density at radius 2 is 1.72 bits per heavy atom. The van der Waals surface area contributed by atoms with E-state index in [9.17, 15) is 18.4 Å². The van der Waals surface area contributed by atoms with E-state index in [2.05, 4.69) is 5.32 Å². The lowest BCUT2D eigenvalue weighted by Gasteiger charge is -2.29. The van der Waals surface area contributed by atoms with Crippen LogP contribution in [-0.2, 0) is 16.1 Å². The van der Waals surface area contributed by atoms with Gasteiger partial charge < -0.3 is 15.0 Å². The van der Waals surface area contributed by atoms with Gasteiger partial charge in [0.05, 0.1) is 0 Å². The summed E-state index contributed by atoms with van der Waals surface area (Å²) in [5, 5.41) is 2.85. The molecule has 7 heteroatoms. The molecule has 0 spiro atoms. The van der Waals surface area contributed by atoms with Crippen LogP contribution in [-0.4, -0.2) is 35.4 Å². The third kappa shape index (κ3) is 6.55. The number of nitrogens with zero attached hydrogens (tertiary/aromatic N) is 1. The summed E-state index contributed by atoms with van der Waals surface area (Å²) in [6.07, 6.45) is 0.751. The minimum atomic E-state index is -0.786. The van der Waals surface area contributed by atoms with Crippen LogP contribution in [0.25, 0.3) is 0 Å². The molecule has 156 valence electrons. The van der Waals surface area contributed by atoms with E-state index >= 15 is 0 Å². The van der Waals surface area contributed by atoms with Crippen molar-refractivity contribution in [1.29, 1.82) is 0 Å². The Labute approximate surface area is 169 Å². The highest BCUT2D eigenvalue weighted by atomic mass is 19.1. The first kappa shape index (κ1) is 22.3. The summed E-state index contributed by atoms with van der Waals surface area (Å²) in [4.78, 5) is 26.7. The van der Waals surface area contributed by atoms with Crippen LogP contribution in [0.3, 0.4) is 0 Å². The minimum Gasteiger partial charge on any atom is -0.481 e. The molecule has 0 aliphatic heterocycles. The zero-order valence-corrected chi connectivity index (χ0v) is 16.8. The second-order valence-electron chi connectivity index (χ2n) is 6.86. The molecule has 0 heterocycles. The average Bonchev–Trinajstić information content (AvgIpc) is 2.71. The highest BCUT2D eigenvalue weighted by Gasteiger charge is 2.27. The molecule has 1 N–H and O–H groups in total. The van der Waals surface area contributed by atoms with Gasteiger partial charge in [0.1, 0.15) is 11.9 Å². The summed E-state index contributed by atoms with van der Waals surface area (Å²) < 4.78 is 32.3. The molecule has 0 aromatic heterocycles. The van der Waals surface area contributed by atoms with Gasteiger partial charge in [-0.2, -0.15) is 0 Å². The Morgan fingerprint density at radius 3 is 2.34 bits per heavy atom. The molecule has 2 rings (SSSR count). The van der Waals surface area contributed by atoms with Crippen LogP contribution in [0.1, 0.15) is 32.8 Å². The lowest BCUT2D eigenvalue weighted by Crippen LogP contribution is -2.50. The van der Waals surface area contributed by atoms with Gasteiger partial charge >= 0.3 is 0 Å². The highest BCUT2D eigenvalue weighted by molar-refractivity contribution is 5.88. The van der Waals surface area contributed by atoms with Crippen LogP contribution in [0, 0.1) is 11.6 Å². The van der Waals surface area contributed by atoms with E-state index < -0.39 is 30.2 Å². The van der Waals surface area contributed by atoms with Gasteiger partial charge in [0.15, 0.2) is 18.2 Å². The number of nitrogens with one attached hydrogen (secondary N) is 1. The Hall–Kier alpha value is -2.96. The molecule has 0 radical (unpaired) electrons. The molecule has 0 saturated carbocycles. The van der Waals surface area contributed by atoms with Gasteiger partial charge in [0.2, 0.25) is 5.91 Å². The van der Waals surface area contributed by atoms with Gasteiger partial charge in [-0.15, -0.1) is 0 Å². The maximum atomic E-state index is 13.7. The zero-order chi connectivity index (χ0) is 21.4. The van der Waals surface area contributed by atoms with Gasteiger partial charge in [-0.1, -0.05) is 31.2 Å². The SMILES string of the molecule is CC[C@@H](C)NC(=O)[C@H](C)N(Cc1ccc(F)cc1)C(=O)COc1ccccc1F. The fourth-order valence-electron chi connectivity index (χ4n) is 2.62. The van der Waals surface area contributed by atoms with Crippen molar-refractivity contribution in [2.45, 2.75) is 45.8 Å². The summed E-state index contributed by atoms with van der Waals surface area (Å²) in [5.41, 5.74) is 0.661. The van der Waals surface area contributed by atoms with Crippen molar-refractivity contribution in [3.8, 4) is 5.75 Å². The summed E-state index contributed by atoms with van der Waals surface area (Å²) in [6, 6.07) is 10.6. The van der Waals surface area contributed by atoms with Gasteiger partial charge in [-0.05, 0) is 50.1 Å². The first-order chi connectivity index (χ1) is 13.8. The van der Waals surface area contributed by atoms with E-state index in [-0.39, 0.29) is 24.2 Å². The fraction of sp³-hybridized carbons (Fsp3) is 0.364. The molecule has 0 bridgehead atoms. The molecule has 0 unspecified atom stereocenters. The van der Waals surface area contributed by atoms with Crippen molar-refractivity contribution < 1.29 is 23.1 Å². The Bertz CT molecular complexity index is 827. The quantitative estimate of drug-likeness (QED) is 0.694. The molecule has 0 fully saturated rings. The summed E-state index contributed by atoms with van der Waals surface area (Å²) >= 11 is 0. The number of carbonyl (C=O) groups excluding carboxylic acids is 2. The van der Waals surface area contributed by atoms with Crippen LogP contribution in [0.5, 0.6) is 5.75 Å². The lowest BCUT2D eigenvalue weighted by atomic mass is 10.1. The van der Waals surface area contributed by atoms with E-state index in [1.54, 1.807) is 25.1 Å². The van der Waals surface area contributed by atoms with Crippen LogP contribution in [0.4, 0.5) is 8.78 Å². The first-order valence-corrected chi connectivity index (χ1v) is 9.53. The monoisotopic (exact) mass is 404 g/mol. The minimum absolute atomic E-state index is 0.0395. The predicted octanol–water partition coefficient (Wildman–Crippen LogP) is 3.68. The van der Waals surface area contributed by atoms with E-state index in [0.717, 1.165) is 6.42 Å². The van der Waals surface area contributed by atoms with Crippen molar-refractivity contribution in [3.05, 3.63) is 65.7 Å². The van der Waals surface area contributed by atoms with Crippen LogP contribution < -0.4 is 10.1 Å². The molecule has 2 atom stereocenters. The number of carbonyl (C=O) groups is 2. The van der Waals surface area contributed by atoms with E-state index in [1.807, 2.05) is 13.8 Å². The number of benzene rings is 2. The molecule has 0 saturated heterocycles. The van der Waals surface area contributed by atoms with Crippen molar-refractivity contribution in [3.63, 3.8) is 0 Å². The Morgan fingerprint density at radius 1 is 1.07 bits per heavy atom. The largest absolute Gasteiger partial charge is 0.481 e. The van der Waals surface area contributed by atoms with Gasteiger partial charge in [-0.3, -0.25) is 9.59 Å². The maximum absolute atomic E-state index is 13.7. The van der Waals surface area contributed by atoms with Crippen molar-refractivity contribution in [2.75, 3.05) is 6.61 Å². The number of ether oxygens (including phenoxy) is 1. The number of amides is 2. The Kier molecular flexibility index (Phi) is 8.12. The highest BCUT2D eigenvalue weighted by Crippen LogP contribution is 2.16. The molecule has 0 aliphatic rings. The average molecular weight is 404 g/mol. The van der Waals surface area contributed by atoms with Gasteiger partial charge in [-0.25, -0.2) is 8.78 Å². The molecular formula is C22H26F2N2O3. The molecule has 2 aromatic carbocycles.